The molecule has 0 amide bonds. The van der Waals surface area contributed by atoms with Crippen molar-refractivity contribution in [1.29, 1.82) is 0 Å². The van der Waals surface area contributed by atoms with E-state index in [1.807, 2.05) is 25.2 Å². The van der Waals surface area contributed by atoms with Gasteiger partial charge in [0.15, 0.2) is 4.34 Å². The van der Waals surface area contributed by atoms with Gasteiger partial charge in [-0.2, -0.15) is 4.37 Å². The lowest BCUT2D eigenvalue weighted by atomic mass is 10.1. The molecule has 4 nitrogen and oxygen atoms in total. The van der Waals surface area contributed by atoms with E-state index in [-0.39, 0.29) is 6.04 Å². The summed E-state index contributed by atoms with van der Waals surface area (Å²) in [5.41, 5.74) is 1.17. The summed E-state index contributed by atoms with van der Waals surface area (Å²) < 4.78 is 10.4. The van der Waals surface area contributed by atoms with Gasteiger partial charge >= 0.3 is 0 Å². The summed E-state index contributed by atoms with van der Waals surface area (Å²) in [5, 5.41) is 3.31. The fraction of sp³-hybridized carbons (Fsp3) is 0.333. The lowest BCUT2D eigenvalue weighted by Gasteiger charge is -2.18. The molecule has 18 heavy (non-hydrogen) atoms. The lowest BCUT2D eigenvalue weighted by molar-refractivity contribution is 0.404. The van der Waals surface area contributed by atoms with Crippen molar-refractivity contribution in [2.45, 2.75) is 10.4 Å². The van der Waals surface area contributed by atoms with Crippen molar-refractivity contribution in [1.82, 2.24) is 14.7 Å². The van der Waals surface area contributed by atoms with Crippen LogP contribution in [0.25, 0.3) is 0 Å². The molecule has 1 N–H and O–H groups in total. The van der Waals surface area contributed by atoms with Crippen molar-refractivity contribution in [3.8, 4) is 5.75 Å². The molecule has 2 aromatic rings. The molecule has 2 rings (SSSR count). The van der Waals surface area contributed by atoms with Gasteiger partial charge in [-0.1, -0.05) is 30.0 Å². The van der Waals surface area contributed by atoms with Gasteiger partial charge in [-0.25, -0.2) is 4.98 Å². The first-order valence-corrected chi connectivity index (χ1v) is 7.30. The second-order valence-electron chi connectivity index (χ2n) is 3.60. The molecular weight excluding hydrogens is 266 g/mol. The minimum absolute atomic E-state index is 0.232. The van der Waals surface area contributed by atoms with Gasteiger partial charge in [0.2, 0.25) is 0 Å². The predicted octanol–water partition coefficient (Wildman–Crippen LogP) is 2.60. The van der Waals surface area contributed by atoms with Gasteiger partial charge in [-0.15, -0.1) is 0 Å². The van der Waals surface area contributed by atoms with Crippen LogP contribution in [0.1, 0.15) is 11.6 Å². The average Bonchev–Trinajstić information content (AvgIpc) is 2.93. The zero-order valence-corrected chi connectivity index (χ0v) is 11.9. The van der Waals surface area contributed by atoms with Gasteiger partial charge in [-0.3, -0.25) is 0 Å². The number of hydrogen-bond acceptors (Lipinski definition) is 6. The number of rotatable bonds is 6. The molecule has 0 saturated heterocycles. The fourth-order valence-electron chi connectivity index (χ4n) is 1.66. The van der Waals surface area contributed by atoms with Crippen LogP contribution in [-0.4, -0.2) is 29.3 Å². The van der Waals surface area contributed by atoms with Crippen LogP contribution in [0.15, 0.2) is 34.9 Å². The van der Waals surface area contributed by atoms with E-state index in [4.69, 9.17) is 4.74 Å². The second-order valence-corrected chi connectivity index (χ2v) is 5.65. The van der Waals surface area contributed by atoms with Crippen LogP contribution in [-0.2, 0) is 0 Å². The smallest absolute Gasteiger partial charge is 0.169 e. The Morgan fingerprint density at radius 1 is 1.44 bits per heavy atom. The summed E-state index contributed by atoms with van der Waals surface area (Å²) in [4.78, 5) is 4.17. The van der Waals surface area contributed by atoms with Crippen LogP contribution in [0, 0.1) is 0 Å². The topological polar surface area (TPSA) is 47.0 Å². The monoisotopic (exact) mass is 281 g/mol. The molecule has 1 atom stereocenters. The van der Waals surface area contributed by atoms with Crippen molar-refractivity contribution in [2.75, 3.05) is 19.9 Å². The maximum Gasteiger partial charge on any atom is 0.169 e. The molecule has 1 heterocycles. The summed E-state index contributed by atoms with van der Waals surface area (Å²) in [5.74, 6) is 1.81. The highest BCUT2D eigenvalue weighted by Crippen LogP contribution is 2.29. The molecule has 0 fully saturated rings. The highest BCUT2D eigenvalue weighted by atomic mass is 32.2. The van der Waals surface area contributed by atoms with E-state index in [2.05, 4.69) is 20.7 Å². The quantitative estimate of drug-likeness (QED) is 0.825. The van der Waals surface area contributed by atoms with Gasteiger partial charge < -0.3 is 10.1 Å². The SMILES string of the molecule is CNC(CSc1ncns1)c1ccccc1OC. The number of nitrogens with one attached hydrogen (secondary N) is 1. The van der Waals surface area contributed by atoms with Crippen LogP contribution in [0.5, 0.6) is 5.75 Å². The molecule has 0 aliphatic carbocycles. The Morgan fingerprint density at radius 3 is 2.94 bits per heavy atom. The number of benzene rings is 1. The van der Waals surface area contributed by atoms with E-state index in [1.165, 1.54) is 17.1 Å². The Bertz CT molecular complexity index is 476. The van der Waals surface area contributed by atoms with E-state index in [9.17, 15) is 0 Å². The number of ether oxygens (including phenoxy) is 1. The van der Waals surface area contributed by atoms with Crippen molar-refractivity contribution in [2.24, 2.45) is 0 Å². The molecule has 96 valence electrons. The van der Waals surface area contributed by atoms with Crippen LogP contribution in [0.2, 0.25) is 0 Å². The maximum absolute atomic E-state index is 5.39. The Hall–Kier alpha value is -1.11. The molecule has 1 aromatic heterocycles. The molecule has 6 heteroatoms. The predicted molar refractivity (Wildman–Crippen MR) is 75.4 cm³/mol. The zero-order valence-electron chi connectivity index (χ0n) is 10.3. The van der Waals surface area contributed by atoms with E-state index in [1.54, 1.807) is 25.2 Å². The molecule has 0 radical (unpaired) electrons. The molecule has 0 aliphatic rings. The van der Waals surface area contributed by atoms with Gasteiger partial charge in [0.1, 0.15) is 12.1 Å². The van der Waals surface area contributed by atoms with Crippen molar-refractivity contribution in [3.63, 3.8) is 0 Å². The number of aromatic nitrogens is 2. The minimum atomic E-state index is 0.232. The fourth-order valence-corrected chi connectivity index (χ4v) is 3.26. The summed E-state index contributed by atoms with van der Waals surface area (Å²) in [7, 11) is 3.65. The number of nitrogens with zero attached hydrogens (tertiary/aromatic N) is 2. The zero-order chi connectivity index (χ0) is 12.8. The molecule has 0 saturated carbocycles. The minimum Gasteiger partial charge on any atom is -0.496 e. The first-order chi connectivity index (χ1) is 8.85. The Morgan fingerprint density at radius 2 is 2.28 bits per heavy atom. The first kappa shape index (κ1) is 13.3. The largest absolute Gasteiger partial charge is 0.496 e. The average molecular weight is 281 g/mol. The number of thioether (sulfide) groups is 1. The highest BCUT2D eigenvalue weighted by molar-refractivity contribution is 8.00. The number of para-hydroxylation sites is 1. The van der Waals surface area contributed by atoms with Crippen molar-refractivity contribution >= 4 is 23.3 Å². The van der Waals surface area contributed by atoms with E-state index in [0.29, 0.717) is 0 Å². The van der Waals surface area contributed by atoms with E-state index < -0.39 is 0 Å². The Kier molecular flexibility index (Phi) is 4.98. The van der Waals surface area contributed by atoms with Crippen molar-refractivity contribution in [3.05, 3.63) is 36.2 Å². The molecule has 0 bridgehead atoms. The molecule has 0 aliphatic heterocycles. The third-order valence-corrected chi connectivity index (χ3v) is 4.47. The number of hydrogen-bond donors (Lipinski definition) is 1. The van der Waals surface area contributed by atoms with Crippen LogP contribution < -0.4 is 10.1 Å². The van der Waals surface area contributed by atoms with E-state index >= 15 is 0 Å². The first-order valence-electron chi connectivity index (χ1n) is 5.54. The van der Waals surface area contributed by atoms with Crippen molar-refractivity contribution < 1.29 is 4.74 Å². The Balaban J connectivity index is 2.08. The standard InChI is InChI=1S/C12H15N3OS2/c1-13-10(7-17-12-14-8-15-18-12)9-5-3-4-6-11(9)16-2/h3-6,8,10,13H,7H2,1-2H3. The lowest BCUT2D eigenvalue weighted by Crippen LogP contribution is -2.19. The van der Waals surface area contributed by atoms with Gasteiger partial charge in [-0.05, 0) is 24.6 Å². The third-order valence-electron chi connectivity index (χ3n) is 2.58. The summed E-state index contributed by atoms with van der Waals surface area (Å²) >= 11 is 3.12. The van der Waals surface area contributed by atoms with Crippen LogP contribution >= 0.6 is 23.3 Å². The normalized spacial score (nSPS) is 12.3. The number of methoxy groups -OCH3 is 1. The molecule has 1 unspecified atom stereocenters. The third kappa shape index (κ3) is 3.22. The molecular formula is C12H15N3OS2. The Labute approximate surface area is 115 Å². The summed E-state index contributed by atoms with van der Waals surface area (Å²) in [6.45, 7) is 0. The second kappa shape index (κ2) is 6.72. The van der Waals surface area contributed by atoms with Gasteiger partial charge in [0.05, 0.1) is 7.11 Å². The molecule has 0 spiro atoms. The van der Waals surface area contributed by atoms with Gasteiger partial charge in [0, 0.05) is 17.4 Å². The van der Waals surface area contributed by atoms with E-state index in [0.717, 1.165) is 15.8 Å². The van der Waals surface area contributed by atoms with Crippen LogP contribution in [0.3, 0.4) is 0 Å². The maximum atomic E-state index is 5.39. The van der Waals surface area contributed by atoms with Gasteiger partial charge in [0.25, 0.3) is 0 Å². The summed E-state index contributed by atoms with van der Waals surface area (Å²) in [6.07, 6.45) is 1.59. The van der Waals surface area contributed by atoms with Crippen LogP contribution in [0.4, 0.5) is 0 Å². The highest BCUT2D eigenvalue weighted by Gasteiger charge is 2.14. The summed E-state index contributed by atoms with van der Waals surface area (Å²) in [6, 6.07) is 8.30. The molecule has 1 aromatic carbocycles.